The minimum Gasteiger partial charge on any atom is -0.396 e. The minimum absolute atomic E-state index is 0.142. The Labute approximate surface area is 95.4 Å². The van der Waals surface area contributed by atoms with Gasteiger partial charge >= 0.3 is 0 Å². The Bertz CT molecular complexity index is 584. The molecule has 0 saturated heterocycles. The lowest BCUT2D eigenvalue weighted by Gasteiger charge is -2.11. The molecule has 2 aromatic rings. The van der Waals surface area contributed by atoms with Crippen LogP contribution >= 0.6 is 0 Å². The molecule has 17 heavy (non-hydrogen) atoms. The van der Waals surface area contributed by atoms with Crippen LogP contribution in [0.5, 0.6) is 0 Å². The van der Waals surface area contributed by atoms with Crippen molar-refractivity contribution in [1.82, 2.24) is 4.98 Å². The monoisotopic (exact) mass is 241 g/mol. The van der Waals surface area contributed by atoms with Crippen LogP contribution in [0.25, 0.3) is 10.9 Å². The first kappa shape index (κ1) is 11.5. The van der Waals surface area contributed by atoms with Crippen LogP contribution in [0.2, 0.25) is 0 Å². The van der Waals surface area contributed by atoms with Crippen molar-refractivity contribution in [2.75, 3.05) is 17.6 Å². The minimum atomic E-state index is -1.26. The highest BCUT2D eigenvalue weighted by Crippen LogP contribution is 2.32. The van der Waals surface area contributed by atoms with Crippen LogP contribution in [0.15, 0.2) is 12.3 Å². The molecule has 0 spiro atoms. The maximum atomic E-state index is 13.7. The average molecular weight is 241 g/mol. The summed E-state index contributed by atoms with van der Waals surface area (Å²) in [5, 5.41) is 2.52. The number of pyridine rings is 1. The third-order valence-corrected chi connectivity index (χ3v) is 2.37. The predicted molar refractivity (Wildman–Crippen MR) is 60.2 cm³/mol. The van der Waals surface area contributed by atoms with Crippen LogP contribution in [0.1, 0.15) is 6.92 Å². The Morgan fingerprint density at radius 3 is 2.65 bits per heavy atom. The van der Waals surface area contributed by atoms with Crippen LogP contribution < -0.4 is 11.1 Å². The zero-order valence-electron chi connectivity index (χ0n) is 9.02. The highest BCUT2D eigenvalue weighted by atomic mass is 19.2. The van der Waals surface area contributed by atoms with Gasteiger partial charge in [-0.1, -0.05) is 0 Å². The number of nitrogens with one attached hydrogen (secondary N) is 1. The van der Waals surface area contributed by atoms with Gasteiger partial charge in [0, 0.05) is 12.6 Å². The largest absolute Gasteiger partial charge is 0.396 e. The molecule has 0 saturated carbocycles. The number of nitrogens with two attached hydrogens (primary N) is 1. The zero-order valence-corrected chi connectivity index (χ0v) is 9.02. The van der Waals surface area contributed by atoms with E-state index in [4.69, 9.17) is 5.73 Å². The van der Waals surface area contributed by atoms with E-state index in [-0.39, 0.29) is 22.3 Å². The normalized spacial score (nSPS) is 10.8. The summed E-state index contributed by atoms with van der Waals surface area (Å²) in [6.45, 7) is 2.21. The molecular formula is C11H10F3N3. The third-order valence-electron chi connectivity index (χ3n) is 2.37. The molecule has 0 fully saturated rings. The summed E-state index contributed by atoms with van der Waals surface area (Å²) in [5.41, 5.74) is 5.67. The first-order valence-corrected chi connectivity index (χ1v) is 5.01. The Hall–Kier alpha value is -1.98. The lowest BCUT2D eigenvalue weighted by atomic mass is 10.1. The second kappa shape index (κ2) is 4.12. The molecule has 1 heterocycles. The molecule has 0 unspecified atom stereocenters. The third kappa shape index (κ3) is 1.75. The number of halogens is 3. The lowest BCUT2D eigenvalue weighted by molar-refractivity contribution is 0.505. The molecule has 3 N–H and O–H groups in total. The number of hydrogen-bond donors (Lipinski definition) is 2. The molecule has 90 valence electrons. The van der Waals surface area contributed by atoms with Crippen molar-refractivity contribution in [2.45, 2.75) is 6.92 Å². The van der Waals surface area contributed by atoms with Gasteiger partial charge in [-0.25, -0.2) is 13.2 Å². The summed E-state index contributed by atoms with van der Waals surface area (Å²) in [6, 6.07) is 0.469. The molecule has 0 aliphatic heterocycles. The highest BCUT2D eigenvalue weighted by molar-refractivity contribution is 5.97. The second-order valence-corrected chi connectivity index (χ2v) is 3.50. The summed E-state index contributed by atoms with van der Waals surface area (Å²) >= 11 is 0. The Balaban J connectivity index is 2.91. The van der Waals surface area contributed by atoms with Crippen molar-refractivity contribution < 1.29 is 13.2 Å². The number of benzene rings is 1. The molecule has 0 aliphatic carbocycles. The fraction of sp³-hybridized carbons (Fsp3) is 0.182. The molecule has 3 nitrogen and oxygen atoms in total. The van der Waals surface area contributed by atoms with Gasteiger partial charge < -0.3 is 11.1 Å². The number of fused-ring (bicyclic) bond motifs is 1. The van der Waals surface area contributed by atoms with Gasteiger partial charge in [0.15, 0.2) is 17.5 Å². The van der Waals surface area contributed by atoms with Gasteiger partial charge in [0.25, 0.3) is 0 Å². The zero-order chi connectivity index (χ0) is 12.6. The summed E-state index contributed by atoms with van der Waals surface area (Å²) in [4.78, 5) is 3.68. The van der Waals surface area contributed by atoms with E-state index >= 15 is 0 Å². The predicted octanol–water partition coefficient (Wildman–Crippen LogP) is 2.67. The number of anilines is 2. The molecular weight excluding hydrogens is 231 g/mol. The summed E-state index contributed by atoms with van der Waals surface area (Å²) in [5.74, 6) is -3.34. The molecule has 1 aromatic carbocycles. The van der Waals surface area contributed by atoms with Crippen molar-refractivity contribution in [3.63, 3.8) is 0 Å². The lowest BCUT2D eigenvalue weighted by Crippen LogP contribution is -2.05. The first-order valence-electron chi connectivity index (χ1n) is 5.01. The van der Waals surface area contributed by atoms with Gasteiger partial charge in [0.2, 0.25) is 0 Å². The number of hydrogen-bond acceptors (Lipinski definition) is 3. The van der Waals surface area contributed by atoms with Gasteiger partial charge in [-0.05, 0) is 6.92 Å². The smallest absolute Gasteiger partial charge is 0.170 e. The summed E-state index contributed by atoms with van der Waals surface area (Å²) in [7, 11) is 0. The van der Waals surface area contributed by atoms with Crippen LogP contribution in [-0.2, 0) is 0 Å². The van der Waals surface area contributed by atoms with E-state index in [1.54, 1.807) is 6.92 Å². The van der Waals surface area contributed by atoms with E-state index in [1.165, 1.54) is 6.20 Å². The number of nitrogen functional groups attached to an aromatic ring is 1. The highest BCUT2D eigenvalue weighted by Gasteiger charge is 2.18. The van der Waals surface area contributed by atoms with E-state index in [0.29, 0.717) is 12.6 Å². The van der Waals surface area contributed by atoms with E-state index in [0.717, 1.165) is 0 Å². The van der Waals surface area contributed by atoms with Crippen molar-refractivity contribution in [1.29, 1.82) is 0 Å². The molecule has 2 rings (SSSR count). The van der Waals surface area contributed by atoms with Gasteiger partial charge in [0.05, 0.1) is 23.0 Å². The number of rotatable bonds is 2. The van der Waals surface area contributed by atoms with Gasteiger partial charge in [-0.3, -0.25) is 4.98 Å². The first-order chi connectivity index (χ1) is 8.06. The SMILES string of the molecule is CCNc1c(N)cnc2c(F)cc(F)c(F)c12. The van der Waals surface area contributed by atoms with Crippen molar-refractivity contribution >= 4 is 22.3 Å². The quantitative estimate of drug-likeness (QED) is 0.795. The summed E-state index contributed by atoms with van der Waals surface area (Å²) < 4.78 is 40.3. The maximum Gasteiger partial charge on any atom is 0.170 e. The van der Waals surface area contributed by atoms with Crippen molar-refractivity contribution in [3.05, 3.63) is 29.7 Å². The van der Waals surface area contributed by atoms with E-state index in [2.05, 4.69) is 10.3 Å². The Morgan fingerprint density at radius 2 is 2.00 bits per heavy atom. The number of nitrogens with zero attached hydrogens (tertiary/aromatic N) is 1. The van der Waals surface area contributed by atoms with Gasteiger partial charge in [-0.2, -0.15) is 0 Å². The molecule has 0 radical (unpaired) electrons. The topological polar surface area (TPSA) is 50.9 Å². The molecule has 0 aliphatic rings. The number of aromatic nitrogens is 1. The van der Waals surface area contributed by atoms with Gasteiger partial charge in [0.1, 0.15) is 5.52 Å². The van der Waals surface area contributed by atoms with Crippen LogP contribution in [-0.4, -0.2) is 11.5 Å². The average Bonchev–Trinajstić information content (AvgIpc) is 2.29. The fourth-order valence-electron chi connectivity index (χ4n) is 1.65. The fourth-order valence-corrected chi connectivity index (χ4v) is 1.65. The summed E-state index contributed by atoms with van der Waals surface area (Å²) in [6.07, 6.45) is 1.21. The van der Waals surface area contributed by atoms with E-state index in [9.17, 15) is 13.2 Å². The maximum absolute atomic E-state index is 13.7. The molecule has 0 bridgehead atoms. The standard InChI is InChI=1S/C11H10F3N3/c1-2-16-11-7(15)4-17-10-6(13)3-5(12)9(14)8(10)11/h3-4H,2,15H2,1H3,(H,16,17). The van der Waals surface area contributed by atoms with Crippen LogP contribution in [0, 0.1) is 17.5 Å². The molecule has 6 heteroatoms. The van der Waals surface area contributed by atoms with E-state index < -0.39 is 17.5 Å². The van der Waals surface area contributed by atoms with Crippen molar-refractivity contribution in [3.8, 4) is 0 Å². The van der Waals surface area contributed by atoms with Gasteiger partial charge in [-0.15, -0.1) is 0 Å². The van der Waals surface area contributed by atoms with Crippen molar-refractivity contribution in [2.24, 2.45) is 0 Å². The van der Waals surface area contributed by atoms with E-state index in [1.807, 2.05) is 0 Å². The second-order valence-electron chi connectivity index (χ2n) is 3.50. The molecule has 1 aromatic heterocycles. The molecule has 0 amide bonds. The van der Waals surface area contributed by atoms with Crippen LogP contribution in [0.3, 0.4) is 0 Å². The Morgan fingerprint density at radius 1 is 1.29 bits per heavy atom. The molecule has 0 atom stereocenters. The van der Waals surface area contributed by atoms with Crippen LogP contribution in [0.4, 0.5) is 24.5 Å². The Kier molecular flexibility index (Phi) is 2.79.